The third-order valence-corrected chi connectivity index (χ3v) is 3.96. The highest BCUT2D eigenvalue weighted by Crippen LogP contribution is 2.29. The van der Waals surface area contributed by atoms with Gasteiger partial charge in [-0.2, -0.15) is 0 Å². The van der Waals surface area contributed by atoms with Gasteiger partial charge in [-0.15, -0.1) is 0 Å². The van der Waals surface area contributed by atoms with E-state index in [0.717, 1.165) is 22.0 Å². The number of carbonyl (C=O) groups is 1. The van der Waals surface area contributed by atoms with Crippen LogP contribution in [0, 0.1) is 0 Å². The maximum absolute atomic E-state index is 10.9. The van der Waals surface area contributed by atoms with Gasteiger partial charge < -0.3 is 14.6 Å². The number of hydrogen-bond acceptors (Lipinski definition) is 4. The van der Waals surface area contributed by atoms with E-state index in [9.17, 15) is 4.79 Å². The van der Waals surface area contributed by atoms with Gasteiger partial charge in [0, 0.05) is 11.6 Å². The second kappa shape index (κ2) is 7.70. The fraction of sp³-hybridized carbons (Fsp3) is 0.143. The van der Waals surface area contributed by atoms with Crippen LogP contribution in [-0.2, 0) is 4.79 Å². The normalized spacial score (nSPS) is 12.2. The summed E-state index contributed by atoms with van der Waals surface area (Å²) in [6.45, 7) is 1.47. The average Bonchev–Trinajstić information content (AvgIpc) is 2.66. The van der Waals surface area contributed by atoms with Crippen LogP contribution in [0.1, 0.15) is 12.5 Å². The van der Waals surface area contributed by atoms with Crippen LogP contribution >= 0.6 is 0 Å². The molecule has 0 aliphatic carbocycles. The van der Waals surface area contributed by atoms with Gasteiger partial charge in [0.1, 0.15) is 0 Å². The number of methoxy groups -OCH3 is 1. The minimum atomic E-state index is -1.03. The Morgan fingerprint density at radius 2 is 1.85 bits per heavy atom. The first-order chi connectivity index (χ1) is 12.6. The second-order valence-corrected chi connectivity index (χ2v) is 5.77. The molecule has 5 heteroatoms. The molecule has 1 atom stereocenters. The summed E-state index contributed by atoms with van der Waals surface area (Å²) in [4.78, 5) is 15.5. The Bertz CT molecular complexity index is 960. The van der Waals surface area contributed by atoms with Crippen LogP contribution in [0.2, 0.25) is 0 Å². The SMILES string of the molecule is COc1cc(C=Nc2cccc3ccccc23)ccc1O[C@H](C)C(=O)O. The summed E-state index contributed by atoms with van der Waals surface area (Å²) in [5, 5.41) is 11.2. The predicted octanol–water partition coefficient (Wildman–Crippen LogP) is 4.45. The lowest BCUT2D eigenvalue weighted by atomic mass is 10.1. The topological polar surface area (TPSA) is 68.1 Å². The van der Waals surface area contributed by atoms with E-state index in [2.05, 4.69) is 4.99 Å². The van der Waals surface area contributed by atoms with E-state index >= 15 is 0 Å². The van der Waals surface area contributed by atoms with Crippen molar-refractivity contribution >= 4 is 28.6 Å². The standard InChI is InChI=1S/C21H19NO4/c1-14(21(23)24)26-19-11-10-15(12-20(19)25-2)13-22-18-9-5-7-16-6-3-4-8-17(16)18/h3-14H,1-2H3,(H,23,24)/t14-/m1/s1. The molecule has 5 nitrogen and oxygen atoms in total. The third kappa shape index (κ3) is 3.83. The Kier molecular flexibility index (Phi) is 5.17. The predicted molar refractivity (Wildman–Crippen MR) is 102 cm³/mol. The largest absolute Gasteiger partial charge is 0.493 e. The lowest BCUT2D eigenvalue weighted by molar-refractivity contribution is -0.144. The Labute approximate surface area is 151 Å². The first-order valence-electron chi connectivity index (χ1n) is 8.18. The first-order valence-corrected chi connectivity index (χ1v) is 8.18. The molecule has 3 aromatic carbocycles. The van der Waals surface area contributed by atoms with Gasteiger partial charge in [-0.3, -0.25) is 4.99 Å². The summed E-state index contributed by atoms with van der Waals surface area (Å²) in [5.74, 6) is -0.196. The zero-order chi connectivity index (χ0) is 18.5. The van der Waals surface area contributed by atoms with Gasteiger partial charge in [-0.1, -0.05) is 36.4 Å². The van der Waals surface area contributed by atoms with Crippen molar-refractivity contribution in [2.24, 2.45) is 4.99 Å². The van der Waals surface area contributed by atoms with Crippen molar-refractivity contribution in [3.05, 3.63) is 66.2 Å². The molecule has 132 valence electrons. The average molecular weight is 349 g/mol. The lowest BCUT2D eigenvalue weighted by Gasteiger charge is -2.14. The maximum atomic E-state index is 10.9. The van der Waals surface area contributed by atoms with Crippen molar-refractivity contribution in [1.82, 2.24) is 0 Å². The first kappa shape index (κ1) is 17.5. The highest BCUT2D eigenvalue weighted by molar-refractivity contribution is 5.95. The van der Waals surface area contributed by atoms with Crippen LogP contribution in [0.3, 0.4) is 0 Å². The minimum Gasteiger partial charge on any atom is -0.493 e. The fourth-order valence-electron chi connectivity index (χ4n) is 2.57. The van der Waals surface area contributed by atoms with Crippen molar-refractivity contribution in [3.63, 3.8) is 0 Å². The van der Waals surface area contributed by atoms with Gasteiger partial charge in [-0.25, -0.2) is 4.79 Å². The Hall–Kier alpha value is -3.34. The molecule has 0 aliphatic rings. The number of carboxylic acid groups (broad SMARTS) is 1. The molecule has 0 bridgehead atoms. The zero-order valence-electron chi connectivity index (χ0n) is 14.5. The number of rotatable bonds is 6. The number of aliphatic carboxylic acids is 1. The quantitative estimate of drug-likeness (QED) is 0.668. The number of fused-ring (bicyclic) bond motifs is 1. The minimum absolute atomic E-state index is 0.379. The van der Waals surface area contributed by atoms with Gasteiger partial charge >= 0.3 is 5.97 Å². The molecule has 0 spiro atoms. The van der Waals surface area contributed by atoms with E-state index in [0.29, 0.717) is 11.5 Å². The molecular weight excluding hydrogens is 330 g/mol. The number of aliphatic imine (C=N–C) groups is 1. The van der Waals surface area contributed by atoms with E-state index in [-0.39, 0.29) is 0 Å². The zero-order valence-corrected chi connectivity index (χ0v) is 14.5. The summed E-state index contributed by atoms with van der Waals surface area (Å²) in [5.41, 5.74) is 1.70. The number of benzene rings is 3. The van der Waals surface area contributed by atoms with E-state index in [1.165, 1.54) is 14.0 Å². The Morgan fingerprint density at radius 3 is 2.62 bits per heavy atom. The number of nitrogens with zero attached hydrogens (tertiary/aromatic N) is 1. The van der Waals surface area contributed by atoms with E-state index in [1.807, 2.05) is 42.5 Å². The molecule has 0 saturated carbocycles. The van der Waals surface area contributed by atoms with Crippen LogP contribution < -0.4 is 9.47 Å². The number of ether oxygens (including phenoxy) is 2. The van der Waals surface area contributed by atoms with Gasteiger partial charge in [0.05, 0.1) is 12.8 Å². The molecule has 26 heavy (non-hydrogen) atoms. The highest BCUT2D eigenvalue weighted by Gasteiger charge is 2.15. The molecule has 0 aromatic heterocycles. The molecule has 0 amide bonds. The van der Waals surface area contributed by atoms with Gasteiger partial charge in [0.15, 0.2) is 17.6 Å². The molecule has 0 aliphatic heterocycles. The van der Waals surface area contributed by atoms with Gasteiger partial charge in [0.25, 0.3) is 0 Å². The van der Waals surface area contributed by atoms with Crippen LogP contribution in [0.4, 0.5) is 5.69 Å². The van der Waals surface area contributed by atoms with Crippen molar-refractivity contribution in [2.45, 2.75) is 13.0 Å². The van der Waals surface area contributed by atoms with E-state index < -0.39 is 12.1 Å². The second-order valence-electron chi connectivity index (χ2n) is 5.77. The van der Waals surface area contributed by atoms with Crippen LogP contribution in [0.15, 0.2) is 65.7 Å². The molecular formula is C21H19NO4. The van der Waals surface area contributed by atoms with Crippen LogP contribution in [0.5, 0.6) is 11.5 Å². The van der Waals surface area contributed by atoms with Gasteiger partial charge in [0.2, 0.25) is 0 Å². The maximum Gasteiger partial charge on any atom is 0.344 e. The molecule has 3 rings (SSSR count). The fourth-order valence-corrected chi connectivity index (χ4v) is 2.57. The van der Waals surface area contributed by atoms with E-state index in [1.54, 1.807) is 24.4 Å². The van der Waals surface area contributed by atoms with E-state index in [4.69, 9.17) is 14.6 Å². The van der Waals surface area contributed by atoms with Crippen molar-refractivity contribution in [3.8, 4) is 11.5 Å². The molecule has 3 aromatic rings. The molecule has 0 radical (unpaired) electrons. The highest BCUT2D eigenvalue weighted by atomic mass is 16.5. The molecule has 0 fully saturated rings. The molecule has 0 heterocycles. The smallest absolute Gasteiger partial charge is 0.344 e. The van der Waals surface area contributed by atoms with Gasteiger partial charge in [-0.05, 0) is 42.1 Å². The molecule has 0 unspecified atom stereocenters. The Morgan fingerprint density at radius 1 is 1.08 bits per heavy atom. The third-order valence-electron chi connectivity index (χ3n) is 3.96. The molecule has 1 N–H and O–H groups in total. The summed E-state index contributed by atoms with van der Waals surface area (Å²) in [6.07, 6.45) is 0.786. The Balaban J connectivity index is 1.87. The molecule has 0 saturated heterocycles. The van der Waals surface area contributed by atoms with Crippen LogP contribution in [0.25, 0.3) is 10.8 Å². The summed E-state index contributed by atoms with van der Waals surface area (Å²) >= 11 is 0. The summed E-state index contributed by atoms with van der Waals surface area (Å²) in [6, 6.07) is 19.3. The lowest BCUT2D eigenvalue weighted by Crippen LogP contribution is -2.23. The summed E-state index contributed by atoms with van der Waals surface area (Å²) < 4.78 is 10.7. The van der Waals surface area contributed by atoms with Crippen molar-refractivity contribution in [1.29, 1.82) is 0 Å². The van der Waals surface area contributed by atoms with Crippen molar-refractivity contribution in [2.75, 3.05) is 7.11 Å². The monoisotopic (exact) mass is 349 g/mol. The number of hydrogen-bond donors (Lipinski definition) is 1. The number of carboxylic acids is 1. The summed E-state index contributed by atoms with van der Waals surface area (Å²) in [7, 11) is 1.51. The van der Waals surface area contributed by atoms with Crippen molar-refractivity contribution < 1.29 is 19.4 Å². The van der Waals surface area contributed by atoms with Crippen LogP contribution in [-0.4, -0.2) is 30.5 Å².